The number of halogens is 1. The number of unbranched alkanes of at least 4 members (excludes halogenated alkanes) is 2. The highest BCUT2D eigenvalue weighted by atomic mass is 35.5. The predicted octanol–water partition coefficient (Wildman–Crippen LogP) is 2.87. The Bertz CT molecular complexity index is 1120. The van der Waals surface area contributed by atoms with Gasteiger partial charge in [-0.1, -0.05) is 37.4 Å². The molecule has 0 spiro atoms. The summed E-state index contributed by atoms with van der Waals surface area (Å²) < 4.78 is 28.1. The third-order valence-electron chi connectivity index (χ3n) is 4.38. The van der Waals surface area contributed by atoms with Crippen molar-refractivity contribution in [1.82, 2.24) is 19.2 Å². The van der Waals surface area contributed by atoms with Crippen LogP contribution in [0.15, 0.2) is 40.3 Å². The number of rotatable bonds is 7. The van der Waals surface area contributed by atoms with Gasteiger partial charge in [0.2, 0.25) is 0 Å². The third-order valence-corrected chi connectivity index (χ3v) is 6.26. The molecule has 0 radical (unpaired) electrons. The molecule has 0 unspecified atom stereocenters. The molecule has 0 atom stereocenters. The number of fused-ring (bicyclic) bond motifs is 1. The molecule has 0 aromatic carbocycles. The predicted molar refractivity (Wildman–Crippen MR) is 104 cm³/mol. The van der Waals surface area contributed by atoms with E-state index in [-0.39, 0.29) is 16.3 Å². The van der Waals surface area contributed by atoms with E-state index in [2.05, 4.69) is 10.1 Å². The van der Waals surface area contributed by atoms with E-state index in [9.17, 15) is 13.2 Å². The van der Waals surface area contributed by atoms with Crippen molar-refractivity contribution >= 4 is 27.1 Å². The van der Waals surface area contributed by atoms with Crippen LogP contribution < -0.4 is 5.56 Å². The molecule has 3 heterocycles. The van der Waals surface area contributed by atoms with Gasteiger partial charge in [0.15, 0.2) is 14.9 Å². The zero-order chi connectivity index (χ0) is 19.6. The van der Waals surface area contributed by atoms with Crippen molar-refractivity contribution < 1.29 is 8.42 Å². The second kappa shape index (κ2) is 7.82. The fraction of sp³-hybridized carbons (Fsp3) is 0.389. The maximum absolute atomic E-state index is 12.6. The number of pyridine rings is 1. The van der Waals surface area contributed by atoms with E-state index in [0.717, 1.165) is 22.9 Å². The molecular weight excluding hydrogens is 388 g/mol. The Morgan fingerprint density at radius 1 is 1.19 bits per heavy atom. The highest BCUT2D eigenvalue weighted by molar-refractivity contribution is 7.91. The van der Waals surface area contributed by atoms with Crippen LogP contribution in [0.1, 0.15) is 37.4 Å². The monoisotopic (exact) mass is 408 g/mol. The Morgan fingerprint density at radius 2 is 1.96 bits per heavy atom. The van der Waals surface area contributed by atoms with Crippen molar-refractivity contribution in [2.24, 2.45) is 0 Å². The Labute approximate surface area is 162 Å². The van der Waals surface area contributed by atoms with E-state index in [1.165, 1.54) is 12.1 Å². The van der Waals surface area contributed by atoms with Crippen LogP contribution in [0.3, 0.4) is 0 Å². The number of sulfone groups is 1. The number of nitrogens with zero attached hydrogens (tertiary/aromatic N) is 4. The topological polar surface area (TPSA) is 86.3 Å². The van der Waals surface area contributed by atoms with Gasteiger partial charge < -0.3 is 4.57 Å². The summed E-state index contributed by atoms with van der Waals surface area (Å²) in [5.41, 5.74) is 1.66. The summed E-state index contributed by atoms with van der Waals surface area (Å²) in [7, 11) is -3.53. The van der Waals surface area contributed by atoms with Crippen LogP contribution >= 0.6 is 11.6 Å². The minimum Gasteiger partial charge on any atom is -0.326 e. The molecule has 0 aliphatic heterocycles. The zero-order valence-electron chi connectivity index (χ0n) is 15.2. The molecule has 3 rings (SSSR count). The fourth-order valence-electron chi connectivity index (χ4n) is 2.89. The van der Waals surface area contributed by atoms with Crippen LogP contribution in [0.25, 0.3) is 5.65 Å². The van der Waals surface area contributed by atoms with Crippen molar-refractivity contribution in [2.45, 2.75) is 44.7 Å². The molecule has 7 nitrogen and oxygen atoms in total. The number of aromatic nitrogens is 4. The largest absolute Gasteiger partial charge is 0.326 e. The lowest BCUT2D eigenvalue weighted by atomic mass is 10.2. The van der Waals surface area contributed by atoms with E-state index >= 15 is 0 Å². The van der Waals surface area contributed by atoms with Crippen molar-refractivity contribution in [1.29, 1.82) is 0 Å². The van der Waals surface area contributed by atoms with Crippen LogP contribution in [0.2, 0.25) is 5.15 Å². The van der Waals surface area contributed by atoms with Crippen LogP contribution in [0.4, 0.5) is 0 Å². The van der Waals surface area contributed by atoms with Crippen LogP contribution in [0.5, 0.6) is 0 Å². The molecule has 3 aromatic heterocycles. The first-order chi connectivity index (χ1) is 12.8. The summed E-state index contributed by atoms with van der Waals surface area (Å²) >= 11 is 5.83. The van der Waals surface area contributed by atoms with Crippen molar-refractivity contribution in [3.05, 3.63) is 57.2 Å². The van der Waals surface area contributed by atoms with Gasteiger partial charge in [0.1, 0.15) is 10.8 Å². The smallest absolute Gasteiger partial charge is 0.274 e. The zero-order valence-corrected chi connectivity index (χ0v) is 16.8. The normalized spacial score (nSPS) is 12.0. The standard InChI is InChI=1S/C18H21ClN4O3S/c1-3-4-5-8-27(25,26)16-10-17-22(12-14-6-7-15(19)20-11-14)13(2)9-18(24)23(17)21-16/h6-7,9-11H,3-5,8,12H2,1-2H3. The summed E-state index contributed by atoms with van der Waals surface area (Å²) in [5, 5.41) is 4.41. The summed E-state index contributed by atoms with van der Waals surface area (Å²) in [6.45, 7) is 4.23. The molecule has 9 heteroatoms. The molecule has 0 N–H and O–H groups in total. The quantitative estimate of drug-likeness (QED) is 0.443. The lowest BCUT2D eigenvalue weighted by molar-refractivity contribution is 0.585. The first-order valence-electron chi connectivity index (χ1n) is 8.75. The minimum absolute atomic E-state index is 0.0268. The fourth-order valence-corrected chi connectivity index (χ4v) is 4.29. The van der Waals surface area contributed by atoms with E-state index < -0.39 is 9.84 Å². The van der Waals surface area contributed by atoms with E-state index in [0.29, 0.717) is 29.5 Å². The molecular formula is C18H21ClN4O3S. The van der Waals surface area contributed by atoms with Crippen LogP contribution in [-0.2, 0) is 16.4 Å². The molecule has 0 aliphatic rings. The lowest BCUT2D eigenvalue weighted by Crippen LogP contribution is -2.20. The Hall–Kier alpha value is -2.19. The SMILES string of the molecule is CCCCCS(=O)(=O)c1cc2n(Cc3ccc(Cl)nc3)c(C)cc(=O)n2n1. The van der Waals surface area contributed by atoms with Crippen molar-refractivity contribution in [3.63, 3.8) is 0 Å². The molecule has 27 heavy (non-hydrogen) atoms. The summed E-state index contributed by atoms with van der Waals surface area (Å²) in [4.78, 5) is 16.4. The van der Waals surface area contributed by atoms with Gasteiger partial charge in [0.05, 0.1) is 12.3 Å². The molecule has 144 valence electrons. The molecule has 0 bridgehead atoms. The van der Waals surface area contributed by atoms with Crippen molar-refractivity contribution in [3.8, 4) is 0 Å². The third kappa shape index (κ3) is 4.22. The maximum atomic E-state index is 12.6. The minimum atomic E-state index is -3.53. The summed E-state index contributed by atoms with van der Waals surface area (Å²) in [6.07, 6.45) is 3.99. The summed E-state index contributed by atoms with van der Waals surface area (Å²) in [5.74, 6) is 0.0268. The Kier molecular flexibility index (Phi) is 5.67. The van der Waals surface area contributed by atoms with Gasteiger partial charge >= 0.3 is 0 Å². The highest BCUT2D eigenvalue weighted by Crippen LogP contribution is 2.17. The maximum Gasteiger partial charge on any atom is 0.274 e. The van der Waals surface area contributed by atoms with Gasteiger partial charge in [-0.05, 0) is 25.0 Å². The first kappa shape index (κ1) is 19.6. The Balaban J connectivity index is 2.05. The van der Waals surface area contributed by atoms with Gasteiger partial charge in [0.25, 0.3) is 5.56 Å². The number of hydrogen-bond donors (Lipinski definition) is 0. The average Bonchev–Trinajstić information content (AvgIpc) is 3.07. The highest BCUT2D eigenvalue weighted by Gasteiger charge is 2.21. The number of hydrogen-bond acceptors (Lipinski definition) is 5. The first-order valence-corrected chi connectivity index (χ1v) is 10.8. The lowest BCUT2D eigenvalue weighted by Gasteiger charge is -2.12. The molecule has 0 amide bonds. The molecule has 0 aliphatic carbocycles. The van der Waals surface area contributed by atoms with Gasteiger partial charge in [-0.25, -0.2) is 13.4 Å². The molecule has 0 fully saturated rings. The van der Waals surface area contributed by atoms with Crippen LogP contribution in [-0.4, -0.2) is 33.3 Å². The van der Waals surface area contributed by atoms with Gasteiger partial charge in [-0.15, -0.1) is 0 Å². The second-order valence-corrected chi connectivity index (χ2v) is 8.92. The average molecular weight is 409 g/mol. The Morgan fingerprint density at radius 3 is 2.63 bits per heavy atom. The molecule has 0 saturated carbocycles. The van der Waals surface area contributed by atoms with Gasteiger partial charge in [-0.2, -0.15) is 9.61 Å². The summed E-state index contributed by atoms with van der Waals surface area (Å²) in [6, 6.07) is 6.43. The molecule has 3 aromatic rings. The number of aryl methyl sites for hydroxylation is 1. The molecule has 0 saturated heterocycles. The second-order valence-electron chi connectivity index (χ2n) is 6.48. The van der Waals surface area contributed by atoms with Gasteiger partial charge in [0, 0.05) is 24.0 Å². The van der Waals surface area contributed by atoms with Crippen LogP contribution in [0, 0.1) is 6.92 Å². The van der Waals surface area contributed by atoms with E-state index in [1.54, 1.807) is 19.2 Å². The van der Waals surface area contributed by atoms with E-state index in [4.69, 9.17) is 11.6 Å². The van der Waals surface area contributed by atoms with Gasteiger partial charge in [-0.3, -0.25) is 4.79 Å². The van der Waals surface area contributed by atoms with Crippen molar-refractivity contribution in [2.75, 3.05) is 5.75 Å². The van der Waals surface area contributed by atoms with E-state index in [1.807, 2.05) is 17.6 Å².